The summed E-state index contributed by atoms with van der Waals surface area (Å²) in [5.74, 6) is -1.53. The quantitative estimate of drug-likeness (QED) is 0.408. The maximum atomic E-state index is 13.9. The second-order valence-electron chi connectivity index (χ2n) is 6.42. The van der Waals surface area contributed by atoms with Crippen LogP contribution in [0, 0.1) is 23.0 Å². The fraction of sp³-hybridized carbons (Fsp3) is 0.0870. The van der Waals surface area contributed by atoms with Crippen molar-refractivity contribution in [3.8, 4) is 17.6 Å². The number of hydrazone groups is 1. The number of hydrogen-bond donors (Lipinski definition) is 1. The molecule has 1 N–H and O–H groups in total. The van der Waals surface area contributed by atoms with Crippen molar-refractivity contribution in [2.45, 2.75) is 6.61 Å². The van der Waals surface area contributed by atoms with Crippen molar-refractivity contribution in [3.05, 3.63) is 93.5 Å². The van der Waals surface area contributed by atoms with Gasteiger partial charge in [-0.2, -0.15) is 10.4 Å². The summed E-state index contributed by atoms with van der Waals surface area (Å²) < 4.78 is 38.6. The van der Waals surface area contributed by atoms with Crippen molar-refractivity contribution in [2.75, 3.05) is 7.11 Å². The minimum Gasteiger partial charge on any atom is -0.493 e. The highest BCUT2D eigenvalue weighted by Crippen LogP contribution is 2.36. The van der Waals surface area contributed by atoms with E-state index >= 15 is 0 Å². The molecule has 0 unspecified atom stereocenters. The molecule has 0 bridgehead atoms. The zero-order valence-electron chi connectivity index (χ0n) is 16.7. The van der Waals surface area contributed by atoms with Gasteiger partial charge in [0, 0.05) is 5.56 Å². The monoisotopic (exact) mass is 455 g/mol. The first kappa shape index (κ1) is 22.7. The van der Waals surface area contributed by atoms with E-state index in [9.17, 15) is 13.6 Å². The van der Waals surface area contributed by atoms with E-state index in [4.69, 9.17) is 26.3 Å². The van der Waals surface area contributed by atoms with Gasteiger partial charge in [-0.25, -0.2) is 14.2 Å². The molecule has 3 aromatic carbocycles. The molecule has 0 saturated carbocycles. The van der Waals surface area contributed by atoms with Crippen LogP contribution in [-0.4, -0.2) is 19.2 Å². The Kier molecular flexibility index (Phi) is 7.37. The van der Waals surface area contributed by atoms with Gasteiger partial charge in [0.05, 0.1) is 35.5 Å². The molecule has 0 spiro atoms. The second-order valence-corrected chi connectivity index (χ2v) is 6.83. The van der Waals surface area contributed by atoms with E-state index in [1.807, 2.05) is 0 Å². The third-order valence-electron chi connectivity index (χ3n) is 4.30. The van der Waals surface area contributed by atoms with Crippen LogP contribution in [0.15, 0.2) is 59.7 Å². The van der Waals surface area contributed by atoms with Crippen LogP contribution in [0.5, 0.6) is 11.5 Å². The fourth-order valence-electron chi connectivity index (χ4n) is 2.71. The molecule has 6 nitrogen and oxygen atoms in total. The Morgan fingerprint density at radius 2 is 1.97 bits per heavy atom. The number of nitriles is 1. The highest BCUT2D eigenvalue weighted by Gasteiger charge is 2.14. The van der Waals surface area contributed by atoms with E-state index < -0.39 is 17.5 Å². The Balaban J connectivity index is 1.71. The molecule has 0 radical (unpaired) electrons. The van der Waals surface area contributed by atoms with E-state index in [2.05, 4.69) is 10.5 Å². The first-order valence-electron chi connectivity index (χ1n) is 9.19. The molecule has 1 amide bonds. The van der Waals surface area contributed by atoms with E-state index in [-0.39, 0.29) is 34.3 Å². The largest absolute Gasteiger partial charge is 0.493 e. The molecule has 3 aromatic rings. The van der Waals surface area contributed by atoms with Crippen LogP contribution in [-0.2, 0) is 6.61 Å². The number of nitrogens with one attached hydrogen (secondary N) is 1. The van der Waals surface area contributed by atoms with Gasteiger partial charge in [-0.15, -0.1) is 0 Å². The van der Waals surface area contributed by atoms with E-state index in [1.165, 1.54) is 37.6 Å². The topological polar surface area (TPSA) is 83.7 Å². The normalized spacial score (nSPS) is 10.6. The summed E-state index contributed by atoms with van der Waals surface area (Å²) in [5, 5.41) is 12.7. The molecule has 0 heterocycles. The first-order valence-corrected chi connectivity index (χ1v) is 9.57. The number of benzene rings is 3. The molecule has 0 saturated heterocycles. The minimum atomic E-state index is -0.835. The van der Waals surface area contributed by atoms with Crippen LogP contribution in [0.1, 0.15) is 27.0 Å². The molecule has 0 aliphatic carbocycles. The molecule has 0 fully saturated rings. The van der Waals surface area contributed by atoms with E-state index in [0.29, 0.717) is 11.1 Å². The lowest BCUT2D eigenvalue weighted by Gasteiger charge is -2.13. The molecule has 0 aromatic heterocycles. The third-order valence-corrected chi connectivity index (χ3v) is 4.58. The van der Waals surface area contributed by atoms with Crippen LogP contribution < -0.4 is 14.9 Å². The van der Waals surface area contributed by atoms with Gasteiger partial charge in [-0.05, 0) is 42.0 Å². The molecule has 9 heteroatoms. The smallest absolute Gasteiger partial charge is 0.274 e. The van der Waals surface area contributed by atoms with Gasteiger partial charge in [0.15, 0.2) is 11.5 Å². The van der Waals surface area contributed by atoms with Crippen molar-refractivity contribution >= 4 is 23.7 Å². The molecule has 32 heavy (non-hydrogen) atoms. The van der Waals surface area contributed by atoms with E-state index in [1.54, 1.807) is 30.3 Å². The summed E-state index contributed by atoms with van der Waals surface area (Å²) in [6.45, 7) is -0.0532. The molecular weight excluding hydrogens is 440 g/mol. The Labute approximate surface area is 187 Å². The summed E-state index contributed by atoms with van der Waals surface area (Å²) >= 11 is 6.28. The molecule has 0 atom stereocenters. The highest BCUT2D eigenvalue weighted by molar-refractivity contribution is 6.32. The van der Waals surface area contributed by atoms with Crippen LogP contribution in [0.25, 0.3) is 0 Å². The van der Waals surface area contributed by atoms with Gasteiger partial charge in [-0.1, -0.05) is 29.8 Å². The van der Waals surface area contributed by atoms with Crippen LogP contribution in [0.3, 0.4) is 0 Å². The zero-order chi connectivity index (χ0) is 23.1. The average Bonchev–Trinajstić information content (AvgIpc) is 2.78. The number of amides is 1. The Bertz CT molecular complexity index is 1230. The first-order chi connectivity index (χ1) is 15.4. The van der Waals surface area contributed by atoms with Crippen LogP contribution in [0.2, 0.25) is 5.02 Å². The van der Waals surface area contributed by atoms with Gasteiger partial charge in [0.2, 0.25) is 0 Å². The number of methoxy groups -OCH3 is 1. The van der Waals surface area contributed by atoms with Crippen LogP contribution >= 0.6 is 11.6 Å². The fourth-order valence-corrected chi connectivity index (χ4v) is 2.99. The Morgan fingerprint density at radius 3 is 2.66 bits per heavy atom. The number of hydrogen-bond acceptors (Lipinski definition) is 5. The third kappa shape index (κ3) is 5.39. The van der Waals surface area contributed by atoms with Crippen molar-refractivity contribution in [3.63, 3.8) is 0 Å². The standard InChI is InChI=1S/C23H16ClF2N3O3/c1-31-21-10-15(8-18(24)22(21)32-13-16-4-2-3-5-19(16)25)12-28-29-23(30)17-7-6-14(11-27)9-20(17)26/h2-10,12H,13H2,1H3,(H,29,30)/b28-12-. The molecule has 0 aliphatic rings. The molecular formula is C23H16ClF2N3O3. The van der Waals surface area contributed by atoms with Crippen molar-refractivity contribution in [1.82, 2.24) is 5.43 Å². The Morgan fingerprint density at radius 1 is 1.19 bits per heavy atom. The lowest BCUT2D eigenvalue weighted by Crippen LogP contribution is -2.19. The number of nitrogens with zero attached hydrogens (tertiary/aromatic N) is 2. The maximum absolute atomic E-state index is 13.9. The van der Waals surface area contributed by atoms with E-state index in [0.717, 1.165) is 6.07 Å². The number of carbonyl (C=O) groups excluding carboxylic acids is 1. The Hall–Kier alpha value is -3.96. The van der Waals surface area contributed by atoms with Crippen molar-refractivity contribution in [1.29, 1.82) is 5.26 Å². The molecule has 3 rings (SSSR count). The maximum Gasteiger partial charge on any atom is 0.274 e. The SMILES string of the molecule is COc1cc(/C=N\NC(=O)c2ccc(C#N)cc2F)cc(Cl)c1OCc1ccccc1F. The summed E-state index contributed by atoms with van der Waals surface area (Å²) in [4.78, 5) is 12.1. The summed E-state index contributed by atoms with van der Waals surface area (Å²) in [6, 6.07) is 14.5. The van der Waals surface area contributed by atoms with Crippen molar-refractivity contribution in [2.24, 2.45) is 5.10 Å². The second kappa shape index (κ2) is 10.4. The van der Waals surface area contributed by atoms with Crippen molar-refractivity contribution < 1.29 is 23.0 Å². The summed E-state index contributed by atoms with van der Waals surface area (Å²) in [6.07, 6.45) is 1.29. The molecule has 162 valence electrons. The van der Waals surface area contributed by atoms with Gasteiger partial charge in [0.1, 0.15) is 18.2 Å². The average molecular weight is 456 g/mol. The number of halogens is 3. The summed E-state index contributed by atoms with van der Waals surface area (Å²) in [7, 11) is 1.41. The predicted molar refractivity (Wildman–Crippen MR) is 115 cm³/mol. The number of carbonyl (C=O) groups is 1. The highest BCUT2D eigenvalue weighted by atomic mass is 35.5. The zero-order valence-corrected chi connectivity index (χ0v) is 17.5. The van der Waals surface area contributed by atoms with Gasteiger partial charge in [-0.3, -0.25) is 4.79 Å². The lowest BCUT2D eigenvalue weighted by molar-refractivity contribution is 0.0951. The number of rotatable bonds is 7. The lowest BCUT2D eigenvalue weighted by atomic mass is 10.1. The van der Waals surface area contributed by atoms with Gasteiger partial charge in [0.25, 0.3) is 5.91 Å². The predicted octanol–water partition coefficient (Wildman–Crippen LogP) is 4.84. The van der Waals surface area contributed by atoms with Gasteiger partial charge >= 0.3 is 0 Å². The minimum absolute atomic E-state index is 0.0532. The number of ether oxygens (including phenoxy) is 2. The summed E-state index contributed by atoms with van der Waals surface area (Å²) in [5.41, 5.74) is 2.86. The molecule has 0 aliphatic heterocycles. The van der Waals surface area contributed by atoms with Crippen LogP contribution in [0.4, 0.5) is 8.78 Å². The van der Waals surface area contributed by atoms with Gasteiger partial charge < -0.3 is 9.47 Å².